The van der Waals surface area contributed by atoms with Gasteiger partial charge in [-0.2, -0.15) is 0 Å². The Morgan fingerprint density at radius 3 is 2.57 bits per heavy atom. The van der Waals surface area contributed by atoms with Gasteiger partial charge in [0.15, 0.2) is 0 Å². The van der Waals surface area contributed by atoms with Gasteiger partial charge in [-0.3, -0.25) is 10.2 Å². The average Bonchev–Trinajstić information content (AvgIpc) is 2.91. The fraction of sp³-hybridized carbons (Fsp3) is 0.286. The smallest absolute Gasteiger partial charge is 0.277 e. The molecule has 112 valence electrons. The Labute approximate surface area is 127 Å². The molecule has 6 nitrogen and oxygen atoms in total. The molecular weight excluding hydrogens is 288 g/mol. The topological polar surface area (TPSA) is 80.5 Å². The van der Waals surface area contributed by atoms with Crippen molar-refractivity contribution in [2.24, 2.45) is 5.84 Å². The van der Waals surface area contributed by atoms with Crippen molar-refractivity contribution in [1.82, 2.24) is 10.4 Å². The lowest BCUT2D eigenvalue weighted by atomic mass is 10.2. The number of nitrogens with two attached hydrogens (primary N) is 1. The van der Waals surface area contributed by atoms with E-state index < -0.39 is 0 Å². The lowest BCUT2D eigenvalue weighted by molar-refractivity contribution is 0.0952. The number of ether oxygens (including phenoxy) is 1. The lowest BCUT2D eigenvalue weighted by Gasteiger charge is -2.11. The minimum atomic E-state index is -0.351. The van der Waals surface area contributed by atoms with Gasteiger partial charge in [0.05, 0.1) is 12.3 Å². The highest BCUT2D eigenvalue weighted by Crippen LogP contribution is 2.29. The number of nitrogens with one attached hydrogen (secondary N) is 1. The summed E-state index contributed by atoms with van der Waals surface area (Å²) in [6.45, 7) is 0.273. The molecule has 0 bridgehead atoms. The van der Waals surface area contributed by atoms with E-state index in [1.54, 1.807) is 7.11 Å². The van der Waals surface area contributed by atoms with Gasteiger partial charge in [-0.25, -0.2) is 10.8 Å². The molecule has 0 saturated carbocycles. The van der Waals surface area contributed by atoms with E-state index in [1.165, 1.54) is 11.3 Å². The van der Waals surface area contributed by atoms with Gasteiger partial charge >= 0.3 is 0 Å². The molecule has 3 N–H and O–H groups in total. The number of rotatable bonds is 5. The number of amides is 1. The third kappa shape index (κ3) is 3.38. The Hall–Kier alpha value is -1.96. The third-order valence-electron chi connectivity index (χ3n) is 2.95. The Morgan fingerprint density at radius 1 is 1.38 bits per heavy atom. The Morgan fingerprint density at radius 2 is 2.05 bits per heavy atom. The van der Waals surface area contributed by atoms with E-state index in [1.807, 2.05) is 43.3 Å². The van der Waals surface area contributed by atoms with Crippen LogP contribution in [0.15, 0.2) is 24.3 Å². The van der Waals surface area contributed by atoms with Crippen LogP contribution < -0.4 is 16.2 Å². The molecule has 0 aliphatic carbocycles. The van der Waals surface area contributed by atoms with Crippen LogP contribution in [0.5, 0.6) is 0 Å². The Balaban J connectivity index is 2.37. The minimum absolute atomic E-state index is 0.273. The predicted molar refractivity (Wildman–Crippen MR) is 84.2 cm³/mol. The van der Waals surface area contributed by atoms with Crippen molar-refractivity contribution < 1.29 is 9.53 Å². The van der Waals surface area contributed by atoms with E-state index in [-0.39, 0.29) is 12.5 Å². The molecule has 1 aromatic carbocycles. The van der Waals surface area contributed by atoms with Gasteiger partial charge < -0.3 is 9.64 Å². The quantitative estimate of drug-likeness (QED) is 0.498. The molecule has 0 aliphatic rings. The number of aromatic nitrogens is 1. The highest BCUT2D eigenvalue weighted by molar-refractivity contribution is 7.17. The van der Waals surface area contributed by atoms with Crippen LogP contribution in [-0.2, 0) is 11.3 Å². The maximum Gasteiger partial charge on any atom is 0.277 e. The molecule has 2 aromatic rings. The van der Waals surface area contributed by atoms with E-state index in [4.69, 9.17) is 10.6 Å². The first-order valence-corrected chi connectivity index (χ1v) is 7.15. The van der Waals surface area contributed by atoms with Crippen LogP contribution in [0, 0.1) is 0 Å². The van der Waals surface area contributed by atoms with E-state index in [0.29, 0.717) is 10.6 Å². The minimum Gasteiger partial charge on any atom is -0.378 e. The number of hydrazine groups is 1. The van der Waals surface area contributed by atoms with E-state index in [9.17, 15) is 4.79 Å². The van der Waals surface area contributed by atoms with Crippen molar-refractivity contribution in [2.45, 2.75) is 6.61 Å². The van der Waals surface area contributed by atoms with Crippen LogP contribution in [0.4, 0.5) is 5.69 Å². The van der Waals surface area contributed by atoms with Gasteiger partial charge in [-0.1, -0.05) is 0 Å². The van der Waals surface area contributed by atoms with Crippen LogP contribution in [0.1, 0.15) is 15.4 Å². The fourth-order valence-corrected chi connectivity index (χ4v) is 2.83. The number of anilines is 1. The number of nitrogen functional groups attached to an aromatic ring is 1. The van der Waals surface area contributed by atoms with Crippen LogP contribution in [0.3, 0.4) is 0 Å². The summed E-state index contributed by atoms with van der Waals surface area (Å²) >= 11 is 1.30. The molecule has 1 amide bonds. The monoisotopic (exact) mass is 306 g/mol. The van der Waals surface area contributed by atoms with Crippen molar-refractivity contribution in [2.75, 3.05) is 26.1 Å². The molecule has 0 spiro atoms. The molecule has 21 heavy (non-hydrogen) atoms. The molecule has 0 fully saturated rings. The number of carbonyl (C=O) groups excluding carboxylic acids is 1. The van der Waals surface area contributed by atoms with Gasteiger partial charge in [0.25, 0.3) is 5.91 Å². The van der Waals surface area contributed by atoms with Crippen LogP contribution >= 0.6 is 11.3 Å². The first-order chi connectivity index (χ1) is 10.1. The summed E-state index contributed by atoms with van der Waals surface area (Å²) < 4.78 is 5.08. The first kappa shape index (κ1) is 15.4. The molecule has 7 heteroatoms. The van der Waals surface area contributed by atoms with Gasteiger partial charge in [0.2, 0.25) is 0 Å². The predicted octanol–water partition coefficient (Wildman–Crippen LogP) is 1.63. The lowest BCUT2D eigenvalue weighted by Crippen LogP contribution is -2.30. The summed E-state index contributed by atoms with van der Waals surface area (Å²) in [6, 6.07) is 7.98. The summed E-state index contributed by atoms with van der Waals surface area (Å²) in [4.78, 5) is 18.7. The fourth-order valence-electron chi connectivity index (χ4n) is 1.85. The van der Waals surface area contributed by atoms with Gasteiger partial charge in [0, 0.05) is 32.5 Å². The maximum absolute atomic E-state index is 11.8. The van der Waals surface area contributed by atoms with E-state index in [0.717, 1.165) is 16.3 Å². The van der Waals surface area contributed by atoms with Crippen molar-refractivity contribution in [3.63, 3.8) is 0 Å². The Kier molecular flexibility index (Phi) is 4.89. The Bertz CT molecular complexity index is 622. The number of carbonyl (C=O) groups is 1. The SMILES string of the molecule is COCc1nc(-c2ccc(N(C)C)cc2)sc1C(=O)NN. The number of hydrogen-bond acceptors (Lipinski definition) is 6. The molecule has 0 aliphatic heterocycles. The van der Waals surface area contributed by atoms with Crippen molar-refractivity contribution in [3.05, 3.63) is 34.8 Å². The zero-order valence-electron chi connectivity index (χ0n) is 12.2. The van der Waals surface area contributed by atoms with Crippen molar-refractivity contribution in [1.29, 1.82) is 0 Å². The molecule has 2 rings (SSSR count). The maximum atomic E-state index is 11.8. The zero-order chi connectivity index (χ0) is 15.4. The van der Waals surface area contributed by atoms with E-state index >= 15 is 0 Å². The summed E-state index contributed by atoms with van der Waals surface area (Å²) in [6.07, 6.45) is 0. The van der Waals surface area contributed by atoms with Crippen LogP contribution in [0.25, 0.3) is 10.6 Å². The largest absolute Gasteiger partial charge is 0.378 e. The number of thiazole rings is 1. The molecule has 0 unspecified atom stereocenters. The molecule has 1 heterocycles. The summed E-state index contributed by atoms with van der Waals surface area (Å²) in [5, 5.41) is 0.769. The van der Waals surface area contributed by atoms with E-state index in [2.05, 4.69) is 10.4 Å². The summed E-state index contributed by atoms with van der Waals surface area (Å²) in [5.41, 5.74) is 4.79. The number of benzene rings is 1. The number of hydrogen-bond donors (Lipinski definition) is 2. The molecule has 0 atom stereocenters. The first-order valence-electron chi connectivity index (χ1n) is 6.34. The average molecular weight is 306 g/mol. The second kappa shape index (κ2) is 6.66. The zero-order valence-corrected chi connectivity index (χ0v) is 13.0. The third-order valence-corrected chi connectivity index (χ3v) is 4.09. The summed E-state index contributed by atoms with van der Waals surface area (Å²) in [7, 11) is 5.53. The highest BCUT2D eigenvalue weighted by atomic mass is 32.1. The normalized spacial score (nSPS) is 10.5. The van der Waals surface area contributed by atoms with Gasteiger partial charge in [0.1, 0.15) is 9.88 Å². The molecule has 1 aromatic heterocycles. The van der Waals surface area contributed by atoms with Crippen LogP contribution in [0.2, 0.25) is 0 Å². The highest BCUT2D eigenvalue weighted by Gasteiger charge is 2.18. The number of nitrogens with zero attached hydrogens (tertiary/aromatic N) is 2. The van der Waals surface area contributed by atoms with Crippen LogP contribution in [-0.4, -0.2) is 32.1 Å². The van der Waals surface area contributed by atoms with Crippen molar-refractivity contribution in [3.8, 4) is 10.6 Å². The van der Waals surface area contributed by atoms with Gasteiger partial charge in [-0.05, 0) is 24.3 Å². The number of methoxy groups -OCH3 is 1. The molecular formula is C14H18N4O2S. The van der Waals surface area contributed by atoms with Crippen molar-refractivity contribution >= 4 is 22.9 Å². The molecule has 0 saturated heterocycles. The second-order valence-electron chi connectivity index (χ2n) is 4.64. The van der Waals surface area contributed by atoms with Gasteiger partial charge in [-0.15, -0.1) is 11.3 Å². The summed E-state index contributed by atoms with van der Waals surface area (Å²) in [5.74, 6) is 4.85. The molecule has 0 radical (unpaired) electrons. The standard InChI is InChI=1S/C14H18N4O2S/c1-18(2)10-6-4-9(5-7-10)14-16-11(8-20-3)12(21-14)13(19)17-15/h4-7H,8,15H2,1-3H3,(H,17,19). The second-order valence-corrected chi connectivity index (χ2v) is 5.64.